The molecule has 0 bridgehead atoms. The molecular weight excluding hydrogens is 311 g/mol. The number of pyridine rings is 1. The van der Waals surface area contributed by atoms with Gasteiger partial charge in [0.2, 0.25) is 0 Å². The highest BCUT2D eigenvalue weighted by molar-refractivity contribution is 6.36. The first-order chi connectivity index (χ1) is 11.2. The van der Waals surface area contributed by atoms with E-state index in [4.69, 9.17) is 16.6 Å². The van der Waals surface area contributed by atoms with E-state index >= 15 is 0 Å². The molecule has 0 spiro atoms. The van der Waals surface area contributed by atoms with Gasteiger partial charge in [0.05, 0.1) is 16.2 Å². The van der Waals surface area contributed by atoms with Gasteiger partial charge in [-0.05, 0) is 35.7 Å². The van der Waals surface area contributed by atoms with Gasteiger partial charge in [-0.25, -0.2) is 4.39 Å². The van der Waals surface area contributed by atoms with E-state index in [1.807, 2.05) is 6.07 Å². The molecular formula is C19H16ClFN2. The summed E-state index contributed by atoms with van der Waals surface area (Å²) in [6.45, 7) is 2.61. The third-order valence-electron chi connectivity index (χ3n) is 4.36. The minimum atomic E-state index is -0.275. The molecule has 4 rings (SSSR count). The van der Waals surface area contributed by atoms with Gasteiger partial charge in [0.25, 0.3) is 0 Å². The zero-order chi connectivity index (χ0) is 15.8. The second-order valence-electron chi connectivity index (χ2n) is 5.96. The van der Waals surface area contributed by atoms with Gasteiger partial charge in [-0.3, -0.25) is 9.88 Å². The second-order valence-corrected chi connectivity index (χ2v) is 6.34. The molecule has 2 aromatic carbocycles. The van der Waals surface area contributed by atoms with Gasteiger partial charge in [0, 0.05) is 25.0 Å². The number of halogens is 2. The molecule has 1 aromatic heterocycles. The lowest BCUT2D eigenvalue weighted by molar-refractivity contribution is 0.242. The molecule has 0 unspecified atom stereocenters. The third-order valence-corrected chi connectivity index (χ3v) is 4.80. The summed E-state index contributed by atoms with van der Waals surface area (Å²) in [5, 5.41) is 1.37. The van der Waals surface area contributed by atoms with E-state index in [0.29, 0.717) is 10.4 Å². The first-order valence-electron chi connectivity index (χ1n) is 7.73. The summed E-state index contributed by atoms with van der Waals surface area (Å²) >= 11 is 6.51. The number of nitrogens with zero attached hydrogens (tertiary/aromatic N) is 2. The number of benzene rings is 2. The summed E-state index contributed by atoms with van der Waals surface area (Å²) in [4.78, 5) is 7.09. The van der Waals surface area contributed by atoms with Crippen LogP contribution in [0.1, 0.15) is 16.8 Å². The topological polar surface area (TPSA) is 16.1 Å². The van der Waals surface area contributed by atoms with E-state index in [1.165, 1.54) is 17.7 Å². The van der Waals surface area contributed by atoms with Gasteiger partial charge in [0.1, 0.15) is 5.82 Å². The Morgan fingerprint density at radius 3 is 2.78 bits per heavy atom. The van der Waals surface area contributed by atoms with Crippen molar-refractivity contribution in [3.63, 3.8) is 0 Å². The summed E-state index contributed by atoms with van der Waals surface area (Å²) < 4.78 is 13.5. The summed E-state index contributed by atoms with van der Waals surface area (Å²) in [5.41, 5.74) is 4.13. The molecule has 0 radical (unpaired) electrons. The Kier molecular flexibility index (Phi) is 3.76. The summed E-state index contributed by atoms with van der Waals surface area (Å²) in [7, 11) is 0. The zero-order valence-corrected chi connectivity index (χ0v) is 13.4. The molecule has 0 fully saturated rings. The lowest BCUT2D eigenvalue weighted by atomic mass is 10.0. The van der Waals surface area contributed by atoms with Crippen LogP contribution in [0, 0.1) is 5.82 Å². The molecule has 23 heavy (non-hydrogen) atoms. The lowest BCUT2D eigenvalue weighted by Crippen LogP contribution is -2.31. The molecule has 0 aliphatic carbocycles. The Bertz CT molecular complexity index is 864. The smallest absolute Gasteiger partial charge is 0.124 e. The summed E-state index contributed by atoms with van der Waals surface area (Å²) in [5.74, 6) is -0.275. The number of hydrogen-bond acceptors (Lipinski definition) is 2. The maximum atomic E-state index is 13.5. The van der Waals surface area contributed by atoms with E-state index < -0.39 is 0 Å². The minimum Gasteiger partial charge on any atom is -0.293 e. The molecule has 0 N–H and O–H groups in total. The predicted molar refractivity (Wildman–Crippen MR) is 91.0 cm³/mol. The van der Waals surface area contributed by atoms with E-state index in [0.717, 1.165) is 42.8 Å². The van der Waals surface area contributed by atoms with E-state index in [1.54, 1.807) is 6.07 Å². The van der Waals surface area contributed by atoms with Crippen molar-refractivity contribution in [2.24, 2.45) is 0 Å². The average molecular weight is 327 g/mol. The fourth-order valence-corrected chi connectivity index (χ4v) is 3.56. The van der Waals surface area contributed by atoms with Crippen molar-refractivity contribution in [1.29, 1.82) is 0 Å². The van der Waals surface area contributed by atoms with Crippen LogP contribution < -0.4 is 0 Å². The quantitative estimate of drug-likeness (QED) is 0.685. The largest absolute Gasteiger partial charge is 0.293 e. The number of rotatable bonds is 2. The van der Waals surface area contributed by atoms with E-state index in [-0.39, 0.29) is 5.82 Å². The molecule has 1 aliphatic heterocycles. The van der Waals surface area contributed by atoms with Gasteiger partial charge in [-0.2, -0.15) is 0 Å². The van der Waals surface area contributed by atoms with Crippen LogP contribution in [0.3, 0.4) is 0 Å². The van der Waals surface area contributed by atoms with Crippen LogP contribution in [0.5, 0.6) is 0 Å². The number of fused-ring (bicyclic) bond motifs is 2. The molecule has 3 aromatic rings. The van der Waals surface area contributed by atoms with Crippen LogP contribution in [0.4, 0.5) is 4.39 Å². The predicted octanol–water partition coefficient (Wildman–Crippen LogP) is 4.59. The summed E-state index contributed by atoms with van der Waals surface area (Å²) in [6, 6.07) is 15.0. The van der Waals surface area contributed by atoms with Crippen molar-refractivity contribution in [2.45, 2.75) is 19.5 Å². The van der Waals surface area contributed by atoms with Crippen molar-refractivity contribution in [3.8, 4) is 0 Å². The third kappa shape index (κ3) is 2.82. The fourth-order valence-electron chi connectivity index (χ4n) is 3.21. The van der Waals surface area contributed by atoms with Gasteiger partial charge in [-0.15, -0.1) is 0 Å². The fraction of sp³-hybridized carbons (Fsp3) is 0.211. The molecule has 116 valence electrons. The Labute approximate surface area is 139 Å². The first kappa shape index (κ1) is 14.6. The Hall–Kier alpha value is -1.97. The molecule has 2 heterocycles. The van der Waals surface area contributed by atoms with Crippen molar-refractivity contribution in [2.75, 3.05) is 6.54 Å². The van der Waals surface area contributed by atoms with Crippen LogP contribution in [0.2, 0.25) is 5.02 Å². The van der Waals surface area contributed by atoms with Gasteiger partial charge < -0.3 is 0 Å². The molecule has 0 amide bonds. The van der Waals surface area contributed by atoms with Crippen molar-refractivity contribution in [1.82, 2.24) is 9.88 Å². The lowest BCUT2D eigenvalue weighted by Gasteiger charge is -2.29. The maximum absolute atomic E-state index is 13.5. The minimum absolute atomic E-state index is 0.275. The van der Waals surface area contributed by atoms with Crippen molar-refractivity contribution < 1.29 is 4.39 Å². The van der Waals surface area contributed by atoms with Crippen LogP contribution in [0.25, 0.3) is 10.9 Å². The number of aromatic nitrogens is 1. The van der Waals surface area contributed by atoms with E-state index in [9.17, 15) is 4.39 Å². The first-order valence-corrected chi connectivity index (χ1v) is 8.11. The molecule has 1 aliphatic rings. The average Bonchev–Trinajstić information content (AvgIpc) is 2.57. The maximum Gasteiger partial charge on any atom is 0.124 e. The van der Waals surface area contributed by atoms with Crippen LogP contribution in [0.15, 0.2) is 48.5 Å². The van der Waals surface area contributed by atoms with Crippen LogP contribution in [-0.2, 0) is 19.5 Å². The van der Waals surface area contributed by atoms with Gasteiger partial charge in [0.15, 0.2) is 0 Å². The van der Waals surface area contributed by atoms with Crippen LogP contribution >= 0.6 is 11.6 Å². The highest BCUT2D eigenvalue weighted by Crippen LogP contribution is 2.32. The normalized spacial score (nSPS) is 14.9. The molecule has 0 saturated carbocycles. The highest BCUT2D eigenvalue weighted by atomic mass is 35.5. The Morgan fingerprint density at radius 2 is 1.96 bits per heavy atom. The molecule has 2 nitrogen and oxygen atoms in total. The molecule has 0 saturated heterocycles. The summed E-state index contributed by atoms with van der Waals surface area (Å²) in [6.07, 6.45) is 0.848. The van der Waals surface area contributed by atoms with Crippen molar-refractivity contribution in [3.05, 3.63) is 76.2 Å². The standard InChI is InChI=1S/C19H16ClFN2/c20-19-15-8-9-23(11-13-4-2-1-3-5-13)12-18(15)22-17-7-6-14(21)10-16(17)19/h1-7,10H,8-9,11-12H2. The van der Waals surface area contributed by atoms with Gasteiger partial charge >= 0.3 is 0 Å². The van der Waals surface area contributed by atoms with Gasteiger partial charge in [-0.1, -0.05) is 41.9 Å². The monoisotopic (exact) mass is 326 g/mol. The second kappa shape index (κ2) is 5.91. The highest BCUT2D eigenvalue weighted by Gasteiger charge is 2.21. The molecule has 0 atom stereocenters. The Balaban J connectivity index is 1.67. The molecule has 4 heteroatoms. The zero-order valence-electron chi connectivity index (χ0n) is 12.6. The Morgan fingerprint density at radius 1 is 1.13 bits per heavy atom. The van der Waals surface area contributed by atoms with Crippen molar-refractivity contribution >= 4 is 22.5 Å². The SMILES string of the molecule is Fc1ccc2nc3c(c(Cl)c2c1)CCN(Cc1ccccc1)C3. The number of hydrogen-bond donors (Lipinski definition) is 0. The van der Waals surface area contributed by atoms with Crippen LogP contribution in [-0.4, -0.2) is 16.4 Å². The van der Waals surface area contributed by atoms with E-state index in [2.05, 4.69) is 29.2 Å².